The van der Waals surface area contributed by atoms with Gasteiger partial charge in [-0.1, -0.05) is 11.3 Å². The molecule has 1 aromatic carbocycles. The molecule has 7 heteroatoms. The number of aromatic hydroxyl groups is 1. The van der Waals surface area contributed by atoms with E-state index < -0.39 is 0 Å². The van der Waals surface area contributed by atoms with Crippen LogP contribution in [0.1, 0.15) is 5.56 Å². The summed E-state index contributed by atoms with van der Waals surface area (Å²) in [7, 11) is 2.11. The Morgan fingerprint density at radius 1 is 1.22 bits per heavy atom. The maximum atomic E-state index is 10.8. The molecule has 0 aliphatic carbocycles. The van der Waals surface area contributed by atoms with Gasteiger partial charge in [-0.15, -0.1) is 0 Å². The van der Waals surface area contributed by atoms with E-state index in [1.807, 2.05) is 6.07 Å². The van der Waals surface area contributed by atoms with Gasteiger partial charge >= 0.3 is 5.00 Å². The number of thiophene rings is 1. The molecule has 0 amide bonds. The molecule has 0 saturated carbocycles. The van der Waals surface area contributed by atoms with Crippen molar-refractivity contribution < 1.29 is 10.0 Å². The summed E-state index contributed by atoms with van der Waals surface area (Å²) in [5.74, 6) is 0.277. The fourth-order valence-corrected chi connectivity index (χ4v) is 3.51. The summed E-state index contributed by atoms with van der Waals surface area (Å²) in [6, 6.07) is 8.69. The monoisotopic (exact) mass is 333 g/mol. The lowest BCUT2D eigenvalue weighted by Gasteiger charge is -2.32. The molecule has 1 aliphatic rings. The Morgan fingerprint density at radius 3 is 2.61 bits per heavy atom. The van der Waals surface area contributed by atoms with Gasteiger partial charge in [-0.2, -0.15) is 0 Å². The van der Waals surface area contributed by atoms with E-state index in [2.05, 4.69) is 16.8 Å². The Kier molecular flexibility index (Phi) is 4.61. The van der Waals surface area contributed by atoms with E-state index in [1.165, 1.54) is 6.07 Å². The highest BCUT2D eigenvalue weighted by Crippen LogP contribution is 2.34. The van der Waals surface area contributed by atoms with E-state index in [0.717, 1.165) is 53.5 Å². The first-order chi connectivity index (χ1) is 11.0. The molecule has 1 fully saturated rings. The fraction of sp³-hybridized carbons (Fsp3) is 0.375. The molecule has 1 saturated heterocycles. The summed E-state index contributed by atoms with van der Waals surface area (Å²) >= 11 is 1.15. The second-order valence-corrected chi connectivity index (χ2v) is 6.88. The topological polar surface area (TPSA) is 69.9 Å². The standard InChI is InChI=1S/C16H19N3O3S/c1-17-6-8-18(9-7-17)11-13-10-12(2-3-14(13)20)15-4-5-16(23-15)19(21)22/h2-5,10,20H,6-9,11H2,1H3. The van der Waals surface area contributed by atoms with Crippen molar-refractivity contribution in [3.8, 4) is 16.2 Å². The minimum Gasteiger partial charge on any atom is -0.508 e. The number of hydrogen-bond donors (Lipinski definition) is 1. The molecular weight excluding hydrogens is 314 g/mol. The number of likely N-dealkylation sites (N-methyl/N-ethyl adjacent to an activating group) is 1. The summed E-state index contributed by atoms with van der Waals surface area (Å²) < 4.78 is 0. The Balaban J connectivity index is 1.79. The van der Waals surface area contributed by atoms with Crippen molar-refractivity contribution in [3.63, 3.8) is 0 Å². The van der Waals surface area contributed by atoms with E-state index in [4.69, 9.17) is 0 Å². The zero-order valence-corrected chi connectivity index (χ0v) is 13.8. The van der Waals surface area contributed by atoms with Crippen molar-refractivity contribution in [2.45, 2.75) is 6.54 Å². The quantitative estimate of drug-likeness (QED) is 0.688. The smallest absolute Gasteiger partial charge is 0.324 e. The molecule has 2 heterocycles. The molecular formula is C16H19N3O3S. The van der Waals surface area contributed by atoms with Gasteiger partial charge < -0.3 is 10.0 Å². The van der Waals surface area contributed by atoms with Crippen LogP contribution < -0.4 is 0 Å². The summed E-state index contributed by atoms with van der Waals surface area (Å²) in [4.78, 5) is 15.9. The average molecular weight is 333 g/mol. The van der Waals surface area contributed by atoms with Gasteiger partial charge in [-0.05, 0) is 36.9 Å². The third-order valence-electron chi connectivity index (χ3n) is 4.13. The summed E-state index contributed by atoms with van der Waals surface area (Å²) in [6.45, 7) is 4.70. The number of nitro groups is 1. The molecule has 1 aromatic heterocycles. The van der Waals surface area contributed by atoms with Gasteiger partial charge in [0.25, 0.3) is 0 Å². The minimum atomic E-state index is -0.375. The van der Waals surface area contributed by atoms with Crippen molar-refractivity contribution in [1.82, 2.24) is 9.80 Å². The fourth-order valence-electron chi connectivity index (χ4n) is 2.69. The largest absolute Gasteiger partial charge is 0.508 e. The van der Waals surface area contributed by atoms with Crippen molar-refractivity contribution in [3.05, 3.63) is 46.0 Å². The van der Waals surface area contributed by atoms with E-state index in [-0.39, 0.29) is 15.7 Å². The highest BCUT2D eigenvalue weighted by molar-refractivity contribution is 7.18. The van der Waals surface area contributed by atoms with Gasteiger partial charge in [0.1, 0.15) is 5.75 Å². The molecule has 0 spiro atoms. The Labute approximate surface area is 138 Å². The van der Waals surface area contributed by atoms with Gasteiger partial charge in [0.15, 0.2) is 0 Å². The molecule has 0 atom stereocenters. The lowest BCUT2D eigenvalue weighted by molar-refractivity contribution is -0.380. The average Bonchev–Trinajstić information content (AvgIpc) is 3.02. The van der Waals surface area contributed by atoms with Crippen LogP contribution in [0.5, 0.6) is 5.75 Å². The first-order valence-corrected chi connectivity index (χ1v) is 8.32. The SMILES string of the molecule is CN1CCN(Cc2cc(-c3ccc([N+](=O)[O-])s3)ccc2O)CC1. The lowest BCUT2D eigenvalue weighted by atomic mass is 10.1. The number of nitrogens with zero attached hydrogens (tertiary/aromatic N) is 3. The van der Waals surface area contributed by atoms with Crippen LogP contribution in [0.15, 0.2) is 30.3 Å². The third-order valence-corrected chi connectivity index (χ3v) is 5.21. The Bertz CT molecular complexity index is 708. The second kappa shape index (κ2) is 6.66. The number of rotatable bonds is 4. The Morgan fingerprint density at radius 2 is 1.96 bits per heavy atom. The van der Waals surface area contributed by atoms with Crippen molar-refractivity contribution in [2.24, 2.45) is 0 Å². The molecule has 0 bridgehead atoms. The van der Waals surface area contributed by atoms with Gasteiger partial charge in [0, 0.05) is 49.2 Å². The number of benzene rings is 1. The molecule has 23 heavy (non-hydrogen) atoms. The molecule has 2 aromatic rings. The maximum absolute atomic E-state index is 10.8. The number of piperazine rings is 1. The zero-order chi connectivity index (χ0) is 16.4. The molecule has 0 radical (unpaired) electrons. The summed E-state index contributed by atoms with van der Waals surface area (Å²) in [5, 5.41) is 21.1. The summed E-state index contributed by atoms with van der Waals surface area (Å²) in [6.07, 6.45) is 0. The number of phenolic OH excluding ortho intramolecular Hbond substituents is 1. The van der Waals surface area contributed by atoms with E-state index >= 15 is 0 Å². The molecule has 3 rings (SSSR count). The van der Waals surface area contributed by atoms with E-state index in [0.29, 0.717) is 6.54 Å². The third kappa shape index (κ3) is 3.69. The number of hydrogen-bond acceptors (Lipinski definition) is 6. The van der Waals surface area contributed by atoms with Crippen LogP contribution in [0.25, 0.3) is 10.4 Å². The lowest BCUT2D eigenvalue weighted by Crippen LogP contribution is -2.43. The zero-order valence-electron chi connectivity index (χ0n) is 12.9. The van der Waals surface area contributed by atoms with Crippen LogP contribution in [0, 0.1) is 10.1 Å². The molecule has 0 unspecified atom stereocenters. The van der Waals surface area contributed by atoms with Crippen molar-refractivity contribution in [1.29, 1.82) is 0 Å². The first kappa shape index (κ1) is 15.9. The molecule has 122 valence electrons. The molecule has 1 N–H and O–H groups in total. The van der Waals surface area contributed by atoms with Gasteiger partial charge in [0.2, 0.25) is 0 Å². The van der Waals surface area contributed by atoms with Gasteiger partial charge in [-0.25, -0.2) is 0 Å². The highest BCUT2D eigenvalue weighted by atomic mass is 32.1. The predicted octanol–water partition coefficient (Wildman–Crippen LogP) is 2.78. The van der Waals surface area contributed by atoms with Crippen LogP contribution in [0.2, 0.25) is 0 Å². The van der Waals surface area contributed by atoms with Crippen LogP contribution in [0.3, 0.4) is 0 Å². The van der Waals surface area contributed by atoms with Crippen molar-refractivity contribution >= 4 is 16.3 Å². The Hall–Kier alpha value is -1.96. The second-order valence-electron chi connectivity index (χ2n) is 5.82. The van der Waals surface area contributed by atoms with Gasteiger partial charge in [-0.3, -0.25) is 15.0 Å². The predicted molar refractivity (Wildman–Crippen MR) is 90.8 cm³/mol. The summed E-state index contributed by atoms with van der Waals surface area (Å²) in [5.41, 5.74) is 1.77. The van der Waals surface area contributed by atoms with E-state index in [9.17, 15) is 15.2 Å². The molecule has 1 aliphatic heterocycles. The highest BCUT2D eigenvalue weighted by Gasteiger charge is 2.17. The normalized spacial score (nSPS) is 16.6. The van der Waals surface area contributed by atoms with Gasteiger partial charge in [0.05, 0.1) is 4.92 Å². The maximum Gasteiger partial charge on any atom is 0.324 e. The van der Waals surface area contributed by atoms with Crippen LogP contribution >= 0.6 is 11.3 Å². The van der Waals surface area contributed by atoms with E-state index in [1.54, 1.807) is 18.2 Å². The minimum absolute atomic E-state index is 0.133. The first-order valence-electron chi connectivity index (χ1n) is 7.50. The van der Waals surface area contributed by atoms with Crippen LogP contribution in [-0.2, 0) is 6.54 Å². The van der Waals surface area contributed by atoms with Crippen molar-refractivity contribution in [2.75, 3.05) is 33.2 Å². The molecule has 6 nitrogen and oxygen atoms in total. The van der Waals surface area contributed by atoms with Crippen LogP contribution in [0.4, 0.5) is 5.00 Å². The van der Waals surface area contributed by atoms with Crippen LogP contribution in [-0.4, -0.2) is 53.1 Å². The number of phenols is 1.